The van der Waals surface area contributed by atoms with Crippen LogP contribution in [0.5, 0.6) is 0 Å². The van der Waals surface area contributed by atoms with Crippen LogP contribution >= 0.6 is 0 Å². The van der Waals surface area contributed by atoms with E-state index in [1.54, 1.807) is 6.92 Å². The number of primary amides is 1. The van der Waals surface area contributed by atoms with Crippen molar-refractivity contribution in [2.24, 2.45) is 5.73 Å². The van der Waals surface area contributed by atoms with E-state index in [1.807, 2.05) is 4.90 Å². The maximum atomic E-state index is 12.7. The molecular formula is C12H17FN4O2. The van der Waals surface area contributed by atoms with E-state index in [0.29, 0.717) is 26.1 Å². The predicted molar refractivity (Wildman–Crippen MR) is 67.5 cm³/mol. The van der Waals surface area contributed by atoms with Gasteiger partial charge in [0, 0.05) is 32.1 Å². The van der Waals surface area contributed by atoms with Crippen LogP contribution in [0.2, 0.25) is 0 Å². The molecule has 1 aromatic heterocycles. The second kappa shape index (κ2) is 5.48. The van der Waals surface area contributed by atoms with Gasteiger partial charge >= 0.3 is 0 Å². The summed E-state index contributed by atoms with van der Waals surface area (Å²) in [7, 11) is 0. The van der Waals surface area contributed by atoms with Crippen LogP contribution in [0, 0.1) is 6.92 Å². The first kappa shape index (κ1) is 13.7. The molecule has 19 heavy (non-hydrogen) atoms. The minimum Gasteiger partial charge on any atom is -0.368 e. The summed E-state index contributed by atoms with van der Waals surface area (Å²) in [4.78, 5) is 24.4. The van der Waals surface area contributed by atoms with Gasteiger partial charge in [0.25, 0.3) is 5.56 Å². The summed E-state index contributed by atoms with van der Waals surface area (Å²) in [5.74, 6) is -0.604. The zero-order valence-electron chi connectivity index (χ0n) is 10.8. The van der Waals surface area contributed by atoms with Crippen molar-refractivity contribution in [3.8, 4) is 0 Å². The lowest BCUT2D eigenvalue weighted by atomic mass is 10.1. The van der Waals surface area contributed by atoms with E-state index in [2.05, 4.69) is 5.10 Å². The summed E-state index contributed by atoms with van der Waals surface area (Å²) in [6.07, 6.45) is -0.102. The molecule has 1 aliphatic heterocycles. The highest BCUT2D eigenvalue weighted by molar-refractivity contribution is 5.73. The van der Waals surface area contributed by atoms with Gasteiger partial charge < -0.3 is 5.73 Å². The molecule has 6 nitrogen and oxygen atoms in total. The molecule has 2 N–H and O–H groups in total. The van der Waals surface area contributed by atoms with Gasteiger partial charge in [-0.05, 0) is 12.5 Å². The van der Waals surface area contributed by atoms with Crippen LogP contribution in [-0.2, 0) is 17.8 Å². The molecular weight excluding hydrogens is 251 g/mol. The summed E-state index contributed by atoms with van der Waals surface area (Å²) in [6, 6.07) is 1.44. The number of likely N-dealkylation sites (tertiary alicyclic amines) is 1. The third kappa shape index (κ3) is 3.37. The smallest absolute Gasteiger partial charge is 0.267 e. The van der Waals surface area contributed by atoms with Crippen molar-refractivity contribution >= 4 is 5.91 Å². The molecule has 7 heteroatoms. The summed E-state index contributed by atoms with van der Waals surface area (Å²) >= 11 is 0. The first-order valence-electron chi connectivity index (χ1n) is 6.18. The minimum atomic E-state index is -0.724. The number of nitrogens with zero attached hydrogens (tertiary/aromatic N) is 3. The molecule has 1 saturated heterocycles. The molecule has 1 amide bonds. The fourth-order valence-electron chi connectivity index (χ4n) is 2.08. The van der Waals surface area contributed by atoms with Gasteiger partial charge in [0.15, 0.2) is 0 Å². The largest absolute Gasteiger partial charge is 0.368 e. The van der Waals surface area contributed by atoms with Crippen molar-refractivity contribution in [2.75, 3.05) is 19.6 Å². The Bertz CT molecular complexity index is 537. The van der Waals surface area contributed by atoms with E-state index in [1.165, 1.54) is 6.07 Å². The highest BCUT2D eigenvalue weighted by Gasteiger charge is 2.25. The first-order valence-corrected chi connectivity index (χ1v) is 6.18. The van der Waals surface area contributed by atoms with Crippen molar-refractivity contribution in [1.29, 1.82) is 0 Å². The normalized spacial score (nSPS) is 16.3. The Balaban J connectivity index is 2.06. The number of carbonyl (C=O) groups is 1. The van der Waals surface area contributed by atoms with E-state index < -0.39 is 12.1 Å². The Morgan fingerprint density at radius 1 is 1.58 bits per heavy atom. The zero-order chi connectivity index (χ0) is 14.0. The van der Waals surface area contributed by atoms with Crippen molar-refractivity contribution in [3.05, 3.63) is 27.7 Å². The molecule has 2 heterocycles. The summed E-state index contributed by atoms with van der Waals surface area (Å²) in [6.45, 7) is 3.19. The maximum Gasteiger partial charge on any atom is 0.267 e. The highest BCUT2D eigenvalue weighted by atomic mass is 19.1. The summed E-state index contributed by atoms with van der Waals surface area (Å²) in [5, 5.41) is 4.14. The number of aromatic nitrogens is 2. The fourth-order valence-corrected chi connectivity index (χ4v) is 2.08. The molecule has 0 bridgehead atoms. The van der Waals surface area contributed by atoms with Gasteiger partial charge in [-0.2, -0.15) is 5.10 Å². The average molecular weight is 268 g/mol. The topological polar surface area (TPSA) is 81.2 Å². The van der Waals surface area contributed by atoms with Gasteiger partial charge in [-0.3, -0.25) is 14.5 Å². The molecule has 104 valence electrons. The fraction of sp³-hybridized carbons (Fsp3) is 0.583. The molecule has 0 aromatic carbocycles. The number of alkyl halides is 1. The van der Waals surface area contributed by atoms with Crippen LogP contribution < -0.4 is 11.3 Å². The number of hydrogen-bond acceptors (Lipinski definition) is 4. The Hall–Kier alpha value is -1.76. The second-order valence-electron chi connectivity index (χ2n) is 4.84. The van der Waals surface area contributed by atoms with Crippen LogP contribution in [0.25, 0.3) is 0 Å². The molecule has 1 aromatic rings. The van der Waals surface area contributed by atoms with Gasteiger partial charge in [-0.25, -0.2) is 9.07 Å². The molecule has 0 saturated carbocycles. The van der Waals surface area contributed by atoms with Crippen LogP contribution in [0.3, 0.4) is 0 Å². The molecule has 0 unspecified atom stereocenters. The van der Waals surface area contributed by atoms with E-state index >= 15 is 0 Å². The molecule has 0 atom stereocenters. The van der Waals surface area contributed by atoms with Crippen LogP contribution in [0.4, 0.5) is 4.39 Å². The average Bonchev–Trinajstić information content (AvgIpc) is 2.27. The van der Waals surface area contributed by atoms with Crippen molar-refractivity contribution < 1.29 is 9.18 Å². The molecule has 0 radical (unpaired) electrons. The number of halogens is 1. The third-order valence-corrected chi connectivity index (χ3v) is 3.17. The van der Waals surface area contributed by atoms with E-state index in [0.717, 1.165) is 15.9 Å². The van der Waals surface area contributed by atoms with Crippen LogP contribution in [0.1, 0.15) is 11.3 Å². The van der Waals surface area contributed by atoms with Crippen LogP contribution in [0.15, 0.2) is 10.9 Å². The molecule has 2 rings (SSSR count). The zero-order valence-corrected chi connectivity index (χ0v) is 10.8. The lowest BCUT2D eigenvalue weighted by molar-refractivity contribution is -0.118. The number of rotatable bonds is 5. The van der Waals surface area contributed by atoms with E-state index in [9.17, 15) is 14.0 Å². The monoisotopic (exact) mass is 268 g/mol. The number of aryl methyl sites for hydroxylation is 1. The maximum absolute atomic E-state index is 12.7. The van der Waals surface area contributed by atoms with Crippen molar-refractivity contribution in [3.63, 3.8) is 0 Å². The quantitative estimate of drug-likeness (QED) is 0.760. The van der Waals surface area contributed by atoms with Crippen molar-refractivity contribution in [2.45, 2.75) is 26.1 Å². The predicted octanol–water partition coefficient (Wildman–Crippen LogP) is -0.767. The SMILES string of the molecule is Cc1cc(=O)n(CC(N)=O)nc1CCN1CC(F)C1. The highest BCUT2D eigenvalue weighted by Crippen LogP contribution is 2.12. The van der Waals surface area contributed by atoms with E-state index in [-0.39, 0.29) is 12.1 Å². The molecule has 0 aliphatic carbocycles. The van der Waals surface area contributed by atoms with Crippen LogP contribution in [-0.4, -0.2) is 46.4 Å². The second-order valence-corrected chi connectivity index (χ2v) is 4.84. The Morgan fingerprint density at radius 2 is 2.26 bits per heavy atom. The number of amides is 1. The molecule has 1 fully saturated rings. The van der Waals surface area contributed by atoms with E-state index in [4.69, 9.17) is 5.73 Å². The Labute approximate surface area is 110 Å². The summed E-state index contributed by atoms with van der Waals surface area (Å²) < 4.78 is 13.7. The minimum absolute atomic E-state index is 0.220. The lowest BCUT2D eigenvalue weighted by Crippen LogP contribution is -2.49. The van der Waals surface area contributed by atoms with Gasteiger partial charge in [-0.1, -0.05) is 0 Å². The van der Waals surface area contributed by atoms with Gasteiger partial charge in [0.05, 0.1) is 5.69 Å². The number of carbonyl (C=O) groups excluding carboxylic acids is 1. The standard InChI is InChI=1S/C12H17FN4O2/c1-8-4-12(19)17(7-11(14)18)15-10(8)2-3-16-5-9(13)6-16/h4,9H,2-3,5-7H2,1H3,(H2,14,18). The molecule has 1 aliphatic rings. The summed E-state index contributed by atoms with van der Waals surface area (Å²) in [5.41, 5.74) is 6.24. The van der Waals surface area contributed by atoms with Crippen molar-refractivity contribution in [1.82, 2.24) is 14.7 Å². The Kier molecular flexibility index (Phi) is 3.94. The van der Waals surface area contributed by atoms with Gasteiger partial charge in [0.1, 0.15) is 12.7 Å². The van der Waals surface area contributed by atoms with Gasteiger partial charge in [-0.15, -0.1) is 0 Å². The lowest BCUT2D eigenvalue weighted by Gasteiger charge is -2.34. The number of hydrogen-bond donors (Lipinski definition) is 1. The van der Waals surface area contributed by atoms with Gasteiger partial charge in [0.2, 0.25) is 5.91 Å². The third-order valence-electron chi connectivity index (χ3n) is 3.17. The first-order chi connectivity index (χ1) is 8.95. The molecule has 0 spiro atoms. The number of nitrogens with two attached hydrogens (primary N) is 1. The Morgan fingerprint density at radius 3 is 2.84 bits per heavy atom.